The van der Waals surface area contributed by atoms with Gasteiger partial charge in [-0.25, -0.2) is 0 Å². The quantitative estimate of drug-likeness (QED) is 0.106. The molecule has 0 aromatic carbocycles. The van der Waals surface area contributed by atoms with Crippen molar-refractivity contribution in [2.45, 2.75) is 0 Å². The molecule has 11 heavy (non-hydrogen) atoms. The second-order valence-electron chi connectivity index (χ2n) is 0. The molecule has 0 aliphatic carbocycles. The van der Waals surface area contributed by atoms with E-state index in [1.165, 1.54) is 0 Å². The maximum absolute atomic E-state index is 0. The van der Waals surface area contributed by atoms with Crippen LogP contribution < -0.4 is 133 Å². The fourth-order valence-corrected chi connectivity index (χ4v) is 0. The first-order valence-electron chi connectivity index (χ1n) is 0. The Morgan fingerprint density at radius 1 is 0.273 bits per heavy atom. The molecule has 0 aliphatic rings. The van der Waals surface area contributed by atoms with Crippen LogP contribution in [0.1, 0.15) is 0 Å². The van der Waals surface area contributed by atoms with E-state index in [4.69, 9.17) is 0 Å². The third-order valence-corrected chi connectivity index (χ3v) is 0. The van der Waals surface area contributed by atoms with Gasteiger partial charge in [-0.15, -0.1) is 0 Å². The van der Waals surface area contributed by atoms with Crippen LogP contribution in [0.4, 0.5) is 0 Å². The molecule has 6 nitrogen and oxygen atoms in total. The third kappa shape index (κ3) is 156. The van der Waals surface area contributed by atoms with Crippen LogP contribution in [0.15, 0.2) is 0 Å². The first-order valence-corrected chi connectivity index (χ1v) is 0. The summed E-state index contributed by atoms with van der Waals surface area (Å²) in [7, 11) is 0. The largest absolute Gasteiger partial charge is 4.00 e. The Morgan fingerprint density at radius 2 is 0.273 bits per heavy atom. The van der Waals surface area contributed by atoms with Gasteiger partial charge in [-0.3, -0.25) is 0 Å². The normalized spacial score (nSPS) is 0. The van der Waals surface area contributed by atoms with E-state index in [-0.39, 0.29) is 152 Å². The van der Waals surface area contributed by atoms with Crippen LogP contribution in [0, 0.1) is 0 Å². The molecule has 18 N–H and O–H groups in total. The van der Waals surface area contributed by atoms with Gasteiger partial charge in [0.15, 0.2) is 0 Å². The summed E-state index contributed by atoms with van der Waals surface area (Å²) in [5.41, 5.74) is 0. The van der Waals surface area contributed by atoms with Crippen LogP contribution in [0.2, 0.25) is 0 Å². The van der Waals surface area contributed by atoms with E-state index in [2.05, 4.69) is 0 Å². The Morgan fingerprint density at radius 3 is 0.273 bits per heavy atom. The summed E-state index contributed by atoms with van der Waals surface area (Å²) in [6.07, 6.45) is 0. The molecule has 0 heterocycles. The molecule has 0 spiro atoms. The average Bonchev–Trinajstić information content (AvgIpc) is 0. The van der Waals surface area contributed by atoms with E-state index in [1.807, 2.05) is 0 Å². The first-order chi connectivity index (χ1) is 0. The first kappa shape index (κ1) is 232. The molecule has 0 saturated carbocycles. The standard InChI is InChI=1S/4HI.6H3N.Ru/h4*1H;6*1H3;/q;;;;;;;;;;+4/p-4. The minimum Gasteiger partial charge on any atom is -1.00 e. The van der Waals surface area contributed by atoms with Gasteiger partial charge in [-0.1, -0.05) is 0 Å². The van der Waals surface area contributed by atoms with E-state index in [1.54, 1.807) is 0 Å². The zero-order valence-electron chi connectivity index (χ0n) is 6.11. The van der Waals surface area contributed by atoms with Crippen molar-refractivity contribution in [2.24, 2.45) is 0 Å². The van der Waals surface area contributed by atoms with Crippen LogP contribution >= 0.6 is 0 Å². The molecular formula is H18I4N6Ru. The third-order valence-electron chi connectivity index (χ3n) is 0. The summed E-state index contributed by atoms with van der Waals surface area (Å²) in [6.45, 7) is 0. The van der Waals surface area contributed by atoms with Crippen LogP contribution in [-0.4, -0.2) is 0 Å². The van der Waals surface area contributed by atoms with Crippen LogP contribution in [0.3, 0.4) is 0 Å². The Hall–Kier alpha value is 3.30. The van der Waals surface area contributed by atoms with Gasteiger partial charge in [-0.05, 0) is 0 Å². The van der Waals surface area contributed by atoms with Gasteiger partial charge < -0.3 is 133 Å². The predicted molar refractivity (Wildman–Crippen MR) is 30.1 cm³/mol. The molecular weight excluding hydrogens is 693 g/mol. The molecule has 0 radical (unpaired) electrons. The number of rotatable bonds is 0. The van der Waals surface area contributed by atoms with Gasteiger partial charge in [0.05, 0.1) is 0 Å². The van der Waals surface area contributed by atoms with Crippen LogP contribution in [-0.2, 0) is 19.5 Å². The Balaban J connectivity index is 0. The van der Waals surface area contributed by atoms with E-state index < -0.39 is 0 Å². The van der Waals surface area contributed by atoms with E-state index >= 15 is 0 Å². The molecule has 0 atom stereocenters. The van der Waals surface area contributed by atoms with Gasteiger partial charge in [0.1, 0.15) is 0 Å². The molecule has 84 valence electrons. The summed E-state index contributed by atoms with van der Waals surface area (Å²) in [4.78, 5) is 0. The minimum atomic E-state index is 0. The Kier molecular flexibility index (Phi) is 3890. The monoisotopic (exact) mass is 712 g/mol. The molecule has 0 unspecified atom stereocenters. The van der Waals surface area contributed by atoms with Gasteiger partial charge in [0.25, 0.3) is 0 Å². The second-order valence-corrected chi connectivity index (χ2v) is 0. The molecule has 0 saturated heterocycles. The predicted octanol–water partition coefficient (Wildman–Crippen LogP) is -11.0. The van der Waals surface area contributed by atoms with Crippen molar-refractivity contribution in [3.05, 3.63) is 0 Å². The zero-order chi connectivity index (χ0) is 0. The number of hydrogen-bond acceptors (Lipinski definition) is 6. The number of hydrogen-bond donors (Lipinski definition) is 6. The van der Waals surface area contributed by atoms with E-state index in [9.17, 15) is 0 Å². The Labute approximate surface area is 150 Å². The van der Waals surface area contributed by atoms with Gasteiger partial charge >= 0.3 is 19.5 Å². The van der Waals surface area contributed by atoms with Crippen molar-refractivity contribution in [3.8, 4) is 0 Å². The van der Waals surface area contributed by atoms with Crippen molar-refractivity contribution in [3.63, 3.8) is 0 Å². The van der Waals surface area contributed by atoms with Crippen molar-refractivity contribution < 1.29 is 115 Å². The molecule has 0 rings (SSSR count). The van der Waals surface area contributed by atoms with E-state index in [0.29, 0.717) is 0 Å². The maximum atomic E-state index is 0. The molecule has 0 amide bonds. The minimum absolute atomic E-state index is 0. The zero-order valence-corrected chi connectivity index (χ0v) is 16.5. The molecule has 11 heteroatoms. The van der Waals surface area contributed by atoms with Crippen LogP contribution in [0.25, 0.3) is 0 Å². The fraction of sp³-hybridized carbons (Fsp3) is 0. The summed E-state index contributed by atoms with van der Waals surface area (Å²) in [5, 5.41) is 0. The van der Waals surface area contributed by atoms with Gasteiger partial charge in [0, 0.05) is 0 Å². The van der Waals surface area contributed by atoms with Gasteiger partial charge in [0.2, 0.25) is 0 Å². The maximum Gasteiger partial charge on any atom is 4.00 e. The Bertz CT molecular complexity index is 14.5. The van der Waals surface area contributed by atoms with Crippen molar-refractivity contribution in [1.82, 2.24) is 36.9 Å². The number of halogens is 4. The second kappa shape index (κ2) is 185. The molecule has 0 fully saturated rings. The SMILES string of the molecule is N.N.N.N.N.N.[I-].[I-].[I-].[I-].[Ru+4]. The van der Waals surface area contributed by atoms with Crippen molar-refractivity contribution >= 4 is 0 Å². The van der Waals surface area contributed by atoms with Gasteiger partial charge in [-0.2, -0.15) is 0 Å². The summed E-state index contributed by atoms with van der Waals surface area (Å²) >= 11 is 0. The van der Waals surface area contributed by atoms with Crippen LogP contribution in [0.5, 0.6) is 0 Å². The molecule has 0 aliphatic heterocycles. The van der Waals surface area contributed by atoms with Crippen molar-refractivity contribution in [1.29, 1.82) is 0 Å². The smallest absolute Gasteiger partial charge is 1.00 e. The fourth-order valence-electron chi connectivity index (χ4n) is 0. The topological polar surface area (TPSA) is 210 Å². The molecule has 0 aromatic rings. The summed E-state index contributed by atoms with van der Waals surface area (Å²) < 4.78 is 0. The summed E-state index contributed by atoms with van der Waals surface area (Å²) in [5.74, 6) is 0. The van der Waals surface area contributed by atoms with Crippen molar-refractivity contribution in [2.75, 3.05) is 0 Å². The van der Waals surface area contributed by atoms with E-state index in [0.717, 1.165) is 0 Å². The molecule has 0 bridgehead atoms. The molecule has 0 aromatic heterocycles. The average molecular weight is 711 g/mol. The summed E-state index contributed by atoms with van der Waals surface area (Å²) in [6, 6.07) is 0.